The Hall–Kier alpha value is -1.09. The second-order valence-corrected chi connectivity index (χ2v) is 3.12. The quantitative estimate of drug-likeness (QED) is 0.441. The lowest BCUT2D eigenvalue weighted by Crippen LogP contribution is -2.53. The Labute approximate surface area is 84.4 Å². The van der Waals surface area contributed by atoms with Crippen molar-refractivity contribution in [2.24, 2.45) is 0 Å². The van der Waals surface area contributed by atoms with Gasteiger partial charge < -0.3 is 0 Å². The Kier molecular flexibility index (Phi) is 3.78. The van der Waals surface area contributed by atoms with Crippen LogP contribution < -0.4 is 0 Å². The van der Waals surface area contributed by atoms with Gasteiger partial charge in [0.15, 0.2) is 0 Å². The maximum absolute atomic E-state index is 12.5. The highest BCUT2D eigenvalue weighted by Gasteiger charge is 2.73. The van der Waals surface area contributed by atoms with Crippen molar-refractivity contribution in [3.8, 4) is 0 Å². The van der Waals surface area contributed by atoms with Gasteiger partial charge >= 0.3 is 18.0 Å². The maximum atomic E-state index is 12.5. The molecular formula is C6H6F7NO2. The van der Waals surface area contributed by atoms with Crippen molar-refractivity contribution in [3.05, 3.63) is 10.1 Å². The fourth-order valence-corrected chi connectivity index (χ4v) is 0.781. The predicted octanol–water partition coefficient (Wildman–Crippen LogP) is 2.87. The fraction of sp³-hybridized carbons (Fsp3) is 1.00. The molecule has 16 heavy (non-hydrogen) atoms. The van der Waals surface area contributed by atoms with Gasteiger partial charge in [0.2, 0.25) is 6.04 Å². The molecule has 1 unspecified atom stereocenters. The van der Waals surface area contributed by atoms with Crippen molar-refractivity contribution in [1.82, 2.24) is 0 Å². The summed E-state index contributed by atoms with van der Waals surface area (Å²) in [6.07, 6.45) is -8.64. The lowest BCUT2D eigenvalue weighted by atomic mass is 10.0. The highest BCUT2D eigenvalue weighted by Crippen LogP contribution is 2.48. The standard InChI is InChI=1S/C6H6F7NO2/c1-3(14(15)16)2-4(7,8)5(9,10)6(11,12)13/h3H,2H2,1H3. The molecule has 10 heteroatoms. The van der Waals surface area contributed by atoms with Gasteiger partial charge in [-0.15, -0.1) is 0 Å². The molecule has 0 rings (SSSR count). The van der Waals surface area contributed by atoms with Gasteiger partial charge in [0.25, 0.3) is 0 Å². The molecule has 0 N–H and O–H groups in total. The highest BCUT2D eigenvalue weighted by molar-refractivity contribution is 4.91. The molecule has 1 atom stereocenters. The minimum atomic E-state index is -6.45. The van der Waals surface area contributed by atoms with Crippen LogP contribution in [0.25, 0.3) is 0 Å². The number of alkyl halides is 7. The Morgan fingerprint density at radius 1 is 1.12 bits per heavy atom. The van der Waals surface area contributed by atoms with E-state index >= 15 is 0 Å². The van der Waals surface area contributed by atoms with Gasteiger partial charge in [-0.2, -0.15) is 30.7 Å². The van der Waals surface area contributed by atoms with E-state index in [0.717, 1.165) is 0 Å². The van der Waals surface area contributed by atoms with Crippen LogP contribution in [0.15, 0.2) is 0 Å². The first kappa shape index (κ1) is 14.9. The molecule has 0 spiro atoms. The predicted molar refractivity (Wildman–Crippen MR) is 37.0 cm³/mol. The third kappa shape index (κ3) is 2.73. The summed E-state index contributed by atoms with van der Waals surface area (Å²) in [6, 6.07) is -2.21. The first-order valence-electron chi connectivity index (χ1n) is 3.79. The summed E-state index contributed by atoms with van der Waals surface area (Å²) in [4.78, 5) is 8.54. The summed E-state index contributed by atoms with van der Waals surface area (Å²) in [6.45, 7) is 0.514. The van der Waals surface area contributed by atoms with E-state index in [4.69, 9.17) is 0 Å². The van der Waals surface area contributed by atoms with Crippen LogP contribution in [0.4, 0.5) is 30.7 Å². The minimum absolute atomic E-state index is 0.514. The zero-order valence-electron chi connectivity index (χ0n) is 7.69. The van der Waals surface area contributed by atoms with E-state index in [1.807, 2.05) is 0 Å². The van der Waals surface area contributed by atoms with Crippen LogP contribution >= 0.6 is 0 Å². The average molecular weight is 257 g/mol. The van der Waals surface area contributed by atoms with Gasteiger partial charge in [-0.3, -0.25) is 10.1 Å². The number of nitrogens with zero attached hydrogens (tertiary/aromatic N) is 1. The number of nitro groups is 1. The molecule has 0 aromatic heterocycles. The average Bonchev–Trinajstić information content (AvgIpc) is 2.00. The summed E-state index contributed by atoms with van der Waals surface area (Å²) in [5.74, 6) is -11.8. The summed E-state index contributed by atoms with van der Waals surface area (Å²) in [7, 11) is 0. The number of halogens is 7. The minimum Gasteiger partial charge on any atom is -0.264 e. The monoisotopic (exact) mass is 257 g/mol. The first-order chi connectivity index (χ1) is 6.83. The van der Waals surface area contributed by atoms with E-state index in [2.05, 4.69) is 0 Å². The molecule has 0 bridgehead atoms. The van der Waals surface area contributed by atoms with Crippen molar-refractivity contribution < 1.29 is 35.7 Å². The number of rotatable bonds is 4. The van der Waals surface area contributed by atoms with Crippen LogP contribution in [0.5, 0.6) is 0 Å². The van der Waals surface area contributed by atoms with E-state index in [1.165, 1.54) is 0 Å². The molecule has 0 aliphatic carbocycles. The van der Waals surface area contributed by atoms with Crippen LogP contribution in [0, 0.1) is 10.1 Å². The van der Waals surface area contributed by atoms with E-state index in [1.54, 1.807) is 0 Å². The van der Waals surface area contributed by atoms with E-state index in [0.29, 0.717) is 6.92 Å². The molecule has 0 aliphatic heterocycles. The Morgan fingerprint density at radius 3 is 1.75 bits per heavy atom. The second kappa shape index (κ2) is 4.06. The van der Waals surface area contributed by atoms with Crippen LogP contribution in [-0.2, 0) is 0 Å². The molecule has 0 saturated carbocycles. The fourth-order valence-electron chi connectivity index (χ4n) is 0.781. The molecule has 0 radical (unpaired) electrons. The molecule has 0 saturated heterocycles. The number of hydrogen-bond donors (Lipinski definition) is 0. The molecular weight excluding hydrogens is 251 g/mol. The van der Waals surface area contributed by atoms with Crippen LogP contribution in [-0.4, -0.2) is 29.0 Å². The largest absolute Gasteiger partial charge is 0.459 e. The molecule has 0 amide bonds. The third-order valence-electron chi connectivity index (χ3n) is 1.73. The Morgan fingerprint density at radius 2 is 1.50 bits per heavy atom. The summed E-state index contributed by atoms with van der Waals surface area (Å²) in [5.41, 5.74) is 0. The van der Waals surface area contributed by atoms with E-state index in [-0.39, 0.29) is 0 Å². The van der Waals surface area contributed by atoms with Gasteiger partial charge in [0, 0.05) is 11.8 Å². The SMILES string of the molecule is CC(CC(F)(F)C(F)(F)C(F)(F)F)[N+](=O)[O-]. The Balaban J connectivity index is 4.99. The normalized spacial score (nSPS) is 16.0. The van der Waals surface area contributed by atoms with Gasteiger partial charge in [-0.25, -0.2) is 0 Å². The van der Waals surface area contributed by atoms with Crippen molar-refractivity contribution in [3.63, 3.8) is 0 Å². The molecule has 0 aromatic rings. The zero-order valence-corrected chi connectivity index (χ0v) is 7.69. The molecule has 0 fully saturated rings. The van der Waals surface area contributed by atoms with Gasteiger partial charge in [0.05, 0.1) is 6.42 Å². The van der Waals surface area contributed by atoms with Crippen LogP contribution in [0.2, 0.25) is 0 Å². The molecule has 0 aliphatic rings. The Bertz CT molecular complexity index is 275. The summed E-state index contributed by atoms with van der Waals surface area (Å²) in [5, 5.41) is 9.90. The van der Waals surface area contributed by atoms with Gasteiger partial charge in [-0.1, -0.05) is 0 Å². The van der Waals surface area contributed by atoms with Gasteiger partial charge in [0.1, 0.15) is 0 Å². The molecule has 0 heterocycles. The summed E-state index contributed by atoms with van der Waals surface area (Å²) >= 11 is 0. The van der Waals surface area contributed by atoms with Crippen LogP contribution in [0.1, 0.15) is 13.3 Å². The van der Waals surface area contributed by atoms with E-state index < -0.39 is 35.4 Å². The summed E-state index contributed by atoms with van der Waals surface area (Å²) < 4.78 is 84.3. The van der Waals surface area contributed by atoms with E-state index in [9.17, 15) is 40.8 Å². The van der Waals surface area contributed by atoms with Crippen molar-refractivity contribution in [1.29, 1.82) is 0 Å². The third-order valence-corrected chi connectivity index (χ3v) is 1.73. The lowest BCUT2D eigenvalue weighted by Gasteiger charge is -2.28. The van der Waals surface area contributed by atoms with Crippen LogP contribution in [0.3, 0.4) is 0 Å². The maximum Gasteiger partial charge on any atom is 0.459 e. The smallest absolute Gasteiger partial charge is 0.264 e. The first-order valence-corrected chi connectivity index (χ1v) is 3.79. The second-order valence-electron chi connectivity index (χ2n) is 3.12. The molecule has 0 aromatic carbocycles. The molecule has 96 valence electrons. The van der Waals surface area contributed by atoms with Crippen molar-refractivity contribution >= 4 is 0 Å². The lowest BCUT2D eigenvalue weighted by molar-refractivity contribution is -0.527. The van der Waals surface area contributed by atoms with Gasteiger partial charge in [-0.05, 0) is 0 Å². The number of hydrogen-bond acceptors (Lipinski definition) is 2. The van der Waals surface area contributed by atoms with Crippen molar-refractivity contribution in [2.75, 3.05) is 0 Å². The zero-order chi connectivity index (χ0) is 13.4. The topological polar surface area (TPSA) is 43.1 Å². The highest BCUT2D eigenvalue weighted by atomic mass is 19.4. The molecule has 3 nitrogen and oxygen atoms in total. The van der Waals surface area contributed by atoms with Crippen molar-refractivity contribution in [2.45, 2.75) is 37.4 Å².